The first-order chi connectivity index (χ1) is 12.1. The van der Waals surface area contributed by atoms with Crippen LogP contribution in [0.4, 0.5) is 5.69 Å². The van der Waals surface area contributed by atoms with E-state index in [1.165, 1.54) is 10.5 Å². The number of anilines is 1. The molecule has 0 unspecified atom stereocenters. The van der Waals surface area contributed by atoms with Crippen molar-refractivity contribution in [3.05, 3.63) is 93.1 Å². The summed E-state index contributed by atoms with van der Waals surface area (Å²) in [5.41, 5.74) is 3.85. The summed E-state index contributed by atoms with van der Waals surface area (Å²) in [6.07, 6.45) is 0. The van der Waals surface area contributed by atoms with Gasteiger partial charge in [-0.2, -0.15) is 0 Å². The molecule has 0 radical (unpaired) electrons. The Balaban J connectivity index is 1.65. The number of halogens is 1. The largest absolute Gasteiger partial charge is 0.322 e. The highest BCUT2D eigenvalue weighted by molar-refractivity contribution is 14.1. The van der Waals surface area contributed by atoms with E-state index in [0.29, 0.717) is 5.56 Å². The van der Waals surface area contributed by atoms with Gasteiger partial charge in [-0.05, 0) is 83.1 Å². The van der Waals surface area contributed by atoms with Gasteiger partial charge in [-0.25, -0.2) is 0 Å². The van der Waals surface area contributed by atoms with Crippen LogP contribution in [0.5, 0.6) is 0 Å². The van der Waals surface area contributed by atoms with E-state index >= 15 is 0 Å². The molecule has 0 atom stereocenters. The van der Waals surface area contributed by atoms with Gasteiger partial charge >= 0.3 is 0 Å². The van der Waals surface area contributed by atoms with Crippen molar-refractivity contribution < 1.29 is 4.79 Å². The van der Waals surface area contributed by atoms with E-state index in [0.717, 1.165) is 20.6 Å². The molecule has 1 N–H and O–H groups in total. The van der Waals surface area contributed by atoms with Crippen LogP contribution >= 0.6 is 34.4 Å². The third-order valence-corrected chi connectivity index (χ3v) is 5.60. The number of hydrogen-bond donors (Lipinski definition) is 1. The molecule has 0 aliphatic rings. The number of rotatable bonds is 5. The molecule has 1 amide bonds. The number of hydrogen-bond acceptors (Lipinski definition) is 2. The first kappa shape index (κ1) is 18.0. The summed E-state index contributed by atoms with van der Waals surface area (Å²) in [4.78, 5) is 13.6. The number of nitrogens with one attached hydrogen (secondary N) is 1. The molecule has 0 fully saturated rings. The van der Waals surface area contributed by atoms with Gasteiger partial charge in [0.15, 0.2) is 0 Å². The molecule has 0 spiro atoms. The standard InChI is InChI=1S/C21H18INOS/c1-15-13-16(14-25-19-5-3-2-4-6-19)7-12-20(15)23-21(24)17-8-10-18(22)11-9-17/h2-13H,14H2,1H3,(H,23,24). The zero-order chi connectivity index (χ0) is 17.6. The van der Waals surface area contributed by atoms with E-state index in [1.807, 2.05) is 55.1 Å². The second-order valence-electron chi connectivity index (χ2n) is 5.71. The molecule has 0 aromatic heterocycles. The molecule has 25 heavy (non-hydrogen) atoms. The quantitative estimate of drug-likeness (QED) is 0.367. The maximum absolute atomic E-state index is 12.4. The number of carbonyl (C=O) groups excluding carboxylic acids is 1. The molecule has 0 aliphatic carbocycles. The van der Waals surface area contributed by atoms with Crippen molar-refractivity contribution in [2.24, 2.45) is 0 Å². The first-order valence-electron chi connectivity index (χ1n) is 7.96. The van der Waals surface area contributed by atoms with Gasteiger partial charge in [0.2, 0.25) is 0 Å². The predicted molar refractivity (Wildman–Crippen MR) is 114 cm³/mol. The molecular formula is C21H18INOS. The normalized spacial score (nSPS) is 10.5. The molecular weight excluding hydrogens is 441 g/mol. The summed E-state index contributed by atoms with van der Waals surface area (Å²) in [6.45, 7) is 2.03. The number of amides is 1. The Morgan fingerprint density at radius 1 is 1.00 bits per heavy atom. The highest BCUT2D eigenvalue weighted by atomic mass is 127. The van der Waals surface area contributed by atoms with E-state index in [2.05, 4.69) is 64.3 Å². The fourth-order valence-corrected chi connectivity index (χ4v) is 3.66. The van der Waals surface area contributed by atoms with Crippen LogP contribution in [-0.4, -0.2) is 5.91 Å². The smallest absolute Gasteiger partial charge is 0.255 e. The minimum atomic E-state index is -0.0779. The van der Waals surface area contributed by atoms with Crippen LogP contribution in [0.25, 0.3) is 0 Å². The van der Waals surface area contributed by atoms with Gasteiger partial charge in [0.25, 0.3) is 5.91 Å². The number of benzene rings is 3. The van der Waals surface area contributed by atoms with E-state index in [-0.39, 0.29) is 5.91 Å². The van der Waals surface area contributed by atoms with Gasteiger partial charge in [0, 0.05) is 25.5 Å². The average molecular weight is 459 g/mol. The lowest BCUT2D eigenvalue weighted by molar-refractivity contribution is 0.102. The number of thioether (sulfide) groups is 1. The van der Waals surface area contributed by atoms with Crippen molar-refractivity contribution in [2.75, 3.05) is 5.32 Å². The van der Waals surface area contributed by atoms with E-state index in [9.17, 15) is 4.79 Å². The maximum atomic E-state index is 12.4. The van der Waals surface area contributed by atoms with Crippen LogP contribution in [0.2, 0.25) is 0 Å². The second-order valence-corrected chi connectivity index (χ2v) is 8.01. The summed E-state index contributed by atoms with van der Waals surface area (Å²) in [5.74, 6) is 0.835. The monoisotopic (exact) mass is 459 g/mol. The summed E-state index contributed by atoms with van der Waals surface area (Å²) in [5, 5.41) is 3.00. The van der Waals surface area contributed by atoms with Gasteiger partial charge in [-0.1, -0.05) is 30.3 Å². The topological polar surface area (TPSA) is 29.1 Å². The third kappa shape index (κ3) is 5.09. The number of aryl methyl sites for hydroxylation is 1. The Morgan fingerprint density at radius 3 is 2.40 bits per heavy atom. The Kier molecular flexibility index (Phi) is 6.15. The lowest BCUT2D eigenvalue weighted by Crippen LogP contribution is -2.12. The van der Waals surface area contributed by atoms with Gasteiger partial charge in [0.05, 0.1) is 0 Å². The zero-order valence-corrected chi connectivity index (χ0v) is 16.8. The zero-order valence-electron chi connectivity index (χ0n) is 13.8. The van der Waals surface area contributed by atoms with Gasteiger partial charge in [-0.15, -0.1) is 11.8 Å². The second kappa shape index (κ2) is 8.54. The van der Waals surface area contributed by atoms with Crippen LogP contribution in [-0.2, 0) is 5.75 Å². The van der Waals surface area contributed by atoms with E-state index < -0.39 is 0 Å². The van der Waals surface area contributed by atoms with Gasteiger partial charge in [0.1, 0.15) is 0 Å². The fraction of sp³-hybridized carbons (Fsp3) is 0.0952. The molecule has 3 aromatic carbocycles. The lowest BCUT2D eigenvalue weighted by Gasteiger charge is -2.10. The molecule has 0 saturated heterocycles. The van der Waals surface area contributed by atoms with E-state index in [4.69, 9.17) is 0 Å². The maximum Gasteiger partial charge on any atom is 0.255 e. The molecule has 0 saturated carbocycles. The van der Waals surface area contributed by atoms with Crippen molar-refractivity contribution >= 4 is 45.9 Å². The van der Waals surface area contributed by atoms with Crippen molar-refractivity contribution in [3.63, 3.8) is 0 Å². The summed E-state index contributed by atoms with van der Waals surface area (Å²) >= 11 is 4.04. The Labute approximate surface area is 166 Å². The van der Waals surface area contributed by atoms with Crippen molar-refractivity contribution in [2.45, 2.75) is 17.6 Å². The molecule has 4 heteroatoms. The van der Waals surface area contributed by atoms with E-state index in [1.54, 1.807) is 0 Å². The molecule has 3 rings (SSSR count). The molecule has 0 aliphatic heterocycles. The van der Waals surface area contributed by atoms with Gasteiger partial charge < -0.3 is 5.32 Å². The molecule has 2 nitrogen and oxygen atoms in total. The van der Waals surface area contributed by atoms with Gasteiger partial charge in [-0.3, -0.25) is 4.79 Å². The molecule has 0 heterocycles. The van der Waals surface area contributed by atoms with Crippen molar-refractivity contribution in [1.29, 1.82) is 0 Å². The van der Waals surface area contributed by atoms with Crippen LogP contribution in [0.15, 0.2) is 77.7 Å². The highest BCUT2D eigenvalue weighted by Gasteiger charge is 2.08. The molecule has 0 bridgehead atoms. The number of carbonyl (C=O) groups is 1. The molecule has 126 valence electrons. The Morgan fingerprint density at radius 2 is 1.72 bits per heavy atom. The first-order valence-corrected chi connectivity index (χ1v) is 10.0. The van der Waals surface area contributed by atoms with Crippen molar-refractivity contribution in [1.82, 2.24) is 0 Å². The minimum Gasteiger partial charge on any atom is -0.322 e. The molecule has 3 aromatic rings. The fourth-order valence-electron chi connectivity index (χ4n) is 2.43. The van der Waals surface area contributed by atoms with Crippen LogP contribution in [0, 0.1) is 10.5 Å². The SMILES string of the molecule is Cc1cc(CSc2ccccc2)ccc1NC(=O)c1ccc(I)cc1. The summed E-state index contributed by atoms with van der Waals surface area (Å²) < 4.78 is 1.12. The lowest BCUT2D eigenvalue weighted by atomic mass is 10.1. The summed E-state index contributed by atoms with van der Waals surface area (Å²) in [6, 6.07) is 24.1. The van der Waals surface area contributed by atoms with Crippen LogP contribution in [0.3, 0.4) is 0 Å². The third-order valence-electron chi connectivity index (χ3n) is 3.79. The Hall–Kier alpha value is -1.79. The Bertz CT molecular complexity index is 863. The average Bonchev–Trinajstić information content (AvgIpc) is 2.63. The van der Waals surface area contributed by atoms with Crippen LogP contribution < -0.4 is 5.32 Å². The minimum absolute atomic E-state index is 0.0779. The van der Waals surface area contributed by atoms with Crippen LogP contribution in [0.1, 0.15) is 21.5 Å². The highest BCUT2D eigenvalue weighted by Crippen LogP contribution is 2.25. The summed E-state index contributed by atoms with van der Waals surface area (Å²) in [7, 11) is 0. The predicted octanol–water partition coefficient (Wildman–Crippen LogP) is 6.14. The van der Waals surface area contributed by atoms with Crippen molar-refractivity contribution in [3.8, 4) is 0 Å².